The van der Waals surface area contributed by atoms with Crippen molar-refractivity contribution in [3.63, 3.8) is 0 Å². The third-order valence-electron chi connectivity index (χ3n) is 2.51. The zero-order valence-electron chi connectivity index (χ0n) is 12.2. The first-order valence-corrected chi connectivity index (χ1v) is 8.24. The molecule has 0 spiro atoms. The number of carbonyl (C=O) groups excluding carboxylic acids is 1. The topological polar surface area (TPSA) is 59.3 Å². The van der Waals surface area contributed by atoms with Gasteiger partial charge in [0.15, 0.2) is 0 Å². The molecule has 0 bridgehead atoms. The average Bonchev–Trinajstić information content (AvgIpc) is 2.54. The van der Waals surface area contributed by atoms with Crippen LogP contribution in [0.25, 0.3) is 4.91 Å². The summed E-state index contributed by atoms with van der Waals surface area (Å²) in [7, 11) is 2.96. The van der Waals surface area contributed by atoms with Crippen molar-refractivity contribution in [2.45, 2.75) is 6.92 Å². The molecule has 0 saturated heterocycles. The molecule has 0 N–H and O–H groups in total. The Morgan fingerprint density at radius 3 is 2.38 bits per heavy atom. The molecule has 0 radical (unpaired) electrons. The highest BCUT2D eigenvalue weighted by Gasteiger charge is 2.13. The lowest BCUT2D eigenvalue weighted by atomic mass is 10.2. The van der Waals surface area contributed by atoms with E-state index in [9.17, 15) is 10.1 Å². The molecule has 0 unspecified atom stereocenters. The number of ether oxygens (including phenoxy) is 2. The minimum Gasteiger partial charge on any atom is -0.497 e. The van der Waals surface area contributed by atoms with E-state index in [1.807, 2.05) is 31.2 Å². The molecule has 0 aromatic heterocycles. The van der Waals surface area contributed by atoms with E-state index in [-0.39, 0.29) is 11.7 Å². The van der Waals surface area contributed by atoms with Crippen LogP contribution in [0.1, 0.15) is 12.5 Å². The number of carbonyl (C=O) groups is 1. The second-order valence-corrected chi connectivity index (χ2v) is 6.06. The number of hydrogen-bond donors (Lipinski definition) is 0. The molecule has 6 heteroatoms. The second kappa shape index (κ2) is 9.37. The predicted octanol–water partition coefficient (Wildman–Crippen LogP) is 3.55. The van der Waals surface area contributed by atoms with Gasteiger partial charge in [-0.25, -0.2) is 0 Å². The van der Waals surface area contributed by atoms with Gasteiger partial charge in [0.2, 0.25) is 0 Å². The van der Waals surface area contributed by atoms with Gasteiger partial charge in [0, 0.05) is 4.91 Å². The number of benzene rings is 1. The van der Waals surface area contributed by atoms with Gasteiger partial charge in [-0.05, 0) is 23.4 Å². The van der Waals surface area contributed by atoms with Crippen LogP contribution in [-0.4, -0.2) is 31.7 Å². The highest BCUT2D eigenvalue weighted by atomic mass is 32.2. The quantitative estimate of drug-likeness (QED) is 0.565. The van der Waals surface area contributed by atoms with Crippen molar-refractivity contribution in [2.24, 2.45) is 0 Å². The molecule has 0 aliphatic rings. The van der Waals surface area contributed by atoms with E-state index in [1.165, 1.54) is 30.6 Å². The van der Waals surface area contributed by atoms with Gasteiger partial charge in [0.05, 0.1) is 24.9 Å². The van der Waals surface area contributed by atoms with Crippen LogP contribution in [-0.2, 0) is 9.53 Å². The standard InChI is InChI=1S/C15H17NO3S2/c1-4-20-13(9-16)15(21-10-14(17)19-3)11-5-7-12(18-2)8-6-11/h5-8H,4,10H2,1-3H3/b15-13+. The predicted molar refractivity (Wildman–Crippen MR) is 88.1 cm³/mol. The first-order chi connectivity index (χ1) is 10.2. The third-order valence-corrected chi connectivity index (χ3v) is 4.62. The SMILES string of the molecule is CCS/C(C#N)=C(/SCC(=O)OC)c1ccc(OC)cc1. The number of rotatable bonds is 7. The Labute approximate surface area is 133 Å². The molecule has 0 atom stereocenters. The van der Waals surface area contributed by atoms with Gasteiger partial charge in [0.25, 0.3) is 0 Å². The lowest BCUT2D eigenvalue weighted by Crippen LogP contribution is -2.03. The van der Waals surface area contributed by atoms with E-state index in [0.717, 1.165) is 22.0 Å². The van der Waals surface area contributed by atoms with Crippen molar-refractivity contribution in [3.05, 3.63) is 34.7 Å². The third kappa shape index (κ3) is 5.37. The Morgan fingerprint density at radius 2 is 1.90 bits per heavy atom. The minimum atomic E-state index is -0.315. The molecule has 1 aromatic carbocycles. The summed E-state index contributed by atoms with van der Waals surface area (Å²) >= 11 is 2.78. The maximum Gasteiger partial charge on any atom is 0.315 e. The molecular formula is C15H17NO3S2. The van der Waals surface area contributed by atoms with E-state index < -0.39 is 0 Å². The Bertz CT molecular complexity index is 547. The average molecular weight is 323 g/mol. The van der Waals surface area contributed by atoms with Crippen LogP contribution in [0.2, 0.25) is 0 Å². The molecular weight excluding hydrogens is 306 g/mol. The number of allylic oxidation sites excluding steroid dienone is 1. The zero-order valence-corrected chi connectivity index (χ0v) is 13.8. The van der Waals surface area contributed by atoms with Crippen molar-refractivity contribution in [1.82, 2.24) is 0 Å². The molecule has 1 rings (SSSR count). The number of nitrogens with zero attached hydrogens (tertiary/aromatic N) is 1. The summed E-state index contributed by atoms with van der Waals surface area (Å²) in [6, 6.07) is 9.64. The monoisotopic (exact) mass is 323 g/mol. The van der Waals surface area contributed by atoms with Gasteiger partial charge < -0.3 is 9.47 Å². The normalized spacial score (nSPS) is 11.3. The molecule has 21 heavy (non-hydrogen) atoms. The maximum absolute atomic E-state index is 11.3. The summed E-state index contributed by atoms with van der Waals surface area (Å²) in [5, 5.41) is 9.33. The van der Waals surface area contributed by atoms with E-state index in [2.05, 4.69) is 10.8 Å². The van der Waals surface area contributed by atoms with Gasteiger partial charge >= 0.3 is 5.97 Å². The van der Waals surface area contributed by atoms with Crippen LogP contribution >= 0.6 is 23.5 Å². The van der Waals surface area contributed by atoms with Crippen molar-refractivity contribution in [1.29, 1.82) is 5.26 Å². The van der Waals surface area contributed by atoms with E-state index in [4.69, 9.17) is 4.74 Å². The number of thioether (sulfide) groups is 2. The lowest BCUT2D eigenvalue weighted by Gasteiger charge is -2.10. The number of hydrogen-bond acceptors (Lipinski definition) is 6. The fourth-order valence-electron chi connectivity index (χ4n) is 1.51. The molecule has 0 amide bonds. The van der Waals surface area contributed by atoms with Crippen molar-refractivity contribution in [3.8, 4) is 11.8 Å². The van der Waals surface area contributed by atoms with Crippen LogP contribution in [0.3, 0.4) is 0 Å². The molecule has 0 saturated carbocycles. The fourth-order valence-corrected chi connectivity index (χ4v) is 3.32. The number of esters is 1. The second-order valence-electron chi connectivity index (χ2n) is 3.80. The number of nitriles is 1. The van der Waals surface area contributed by atoms with Crippen molar-refractivity contribution < 1.29 is 14.3 Å². The van der Waals surface area contributed by atoms with E-state index >= 15 is 0 Å². The van der Waals surface area contributed by atoms with Gasteiger partial charge in [0.1, 0.15) is 11.8 Å². The first kappa shape index (κ1) is 17.5. The molecule has 0 fully saturated rings. The Balaban J connectivity index is 3.10. The Hall–Kier alpha value is -1.58. The first-order valence-electron chi connectivity index (χ1n) is 6.27. The van der Waals surface area contributed by atoms with E-state index in [1.54, 1.807) is 7.11 Å². The molecule has 1 aromatic rings. The van der Waals surface area contributed by atoms with Crippen LogP contribution in [0.5, 0.6) is 5.75 Å². The van der Waals surface area contributed by atoms with Crippen LogP contribution in [0, 0.1) is 11.3 Å². The Morgan fingerprint density at radius 1 is 1.24 bits per heavy atom. The van der Waals surface area contributed by atoms with Gasteiger partial charge in [-0.2, -0.15) is 5.26 Å². The highest BCUT2D eigenvalue weighted by molar-refractivity contribution is 8.11. The summed E-state index contributed by atoms with van der Waals surface area (Å²) in [6.07, 6.45) is 0. The Kier molecular flexibility index (Phi) is 7.80. The summed E-state index contributed by atoms with van der Waals surface area (Å²) in [6.45, 7) is 1.98. The highest BCUT2D eigenvalue weighted by Crippen LogP contribution is 2.36. The number of methoxy groups -OCH3 is 2. The maximum atomic E-state index is 11.3. The minimum absolute atomic E-state index is 0.174. The summed E-state index contributed by atoms with van der Waals surface area (Å²) in [5.41, 5.74) is 0.891. The van der Waals surface area contributed by atoms with Gasteiger partial charge in [-0.3, -0.25) is 4.79 Å². The van der Waals surface area contributed by atoms with Crippen molar-refractivity contribution in [2.75, 3.05) is 25.7 Å². The fraction of sp³-hybridized carbons (Fsp3) is 0.333. The largest absolute Gasteiger partial charge is 0.497 e. The molecule has 0 aliphatic heterocycles. The van der Waals surface area contributed by atoms with Crippen LogP contribution < -0.4 is 4.74 Å². The summed E-state index contributed by atoms with van der Waals surface area (Å²) in [4.78, 5) is 12.7. The van der Waals surface area contributed by atoms with Gasteiger partial charge in [-0.15, -0.1) is 23.5 Å². The van der Waals surface area contributed by atoms with Crippen LogP contribution in [0.4, 0.5) is 0 Å². The summed E-state index contributed by atoms with van der Waals surface area (Å²) < 4.78 is 9.79. The lowest BCUT2D eigenvalue weighted by molar-refractivity contribution is -0.137. The molecule has 112 valence electrons. The van der Waals surface area contributed by atoms with E-state index in [0.29, 0.717) is 4.91 Å². The zero-order chi connectivity index (χ0) is 15.7. The van der Waals surface area contributed by atoms with Crippen molar-refractivity contribution >= 4 is 34.4 Å². The molecule has 0 aliphatic carbocycles. The summed E-state index contributed by atoms with van der Waals surface area (Å²) in [5.74, 6) is 1.40. The molecule has 0 heterocycles. The molecule has 4 nitrogen and oxygen atoms in total. The van der Waals surface area contributed by atoms with Gasteiger partial charge in [-0.1, -0.05) is 19.1 Å². The smallest absolute Gasteiger partial charge is 0.315 e. The van der Waals surface area contributed by atoms with Crippen LogP contribution in [0.15, 0.2) is 29.2 Å².